The molecule has 0 aliphatic heterocycles. The van der Waals surface area contributed by atoms with Gasteiger partial charge in [-0.2, -0.15) is 0 Å². The SMILES string of the molecule is COc1cc([N+](=O)[O-])c(C(F)F)nc1C(=O)O. The smallest absolute Gasteiger partial charge is 0.358 e. The molecule has 1 N–H and O–H groups in total. The Morgan fingerprint density at radius 1 is 1.65 bits per heavy atom. The third-order valence-corrected chi connectivity index (χ3v) is 1.82. The van der Waals surface area contributed by atoms with Gasteiger partial charge in [-0.1, -0.05) is 0 Å². The van der Waals surface area contributed by atoms with E-state index in [-0.39, 0.29) is 0 Å². The molecular formula is C8H6F2N2O5. The number of nitro groups is 1. The van der Waals surface area contributed by atoms with Crippen LogP contribution >= 0.6 is 0 Å². The monoisotopic (exact) mass is 248 g/mol. The molecule has 7 nitrogen and oxygen atoms in total. The highest BCUT2D eigenvalue weighted by Crippen LogP contribution is 2.32. The number of aromatic nitrogens is 1. The number of carbonyl (C=O) groups is 1. The molecule has 0 fully saturated rings. The van der Waals surface area contributed by atoms with Gasteiger partial charge in [0.05, 0.1) is 18.1 Å². The number of halogens is 2. The van der Waals surface area contributed by atoms with Crippen LogP contribution in [0.2, 0.25) is 0 Å². The van der Waals surface area contributed by atoms with Gasteiger partial charge < -0.3 is 9.84 Å². The van der Waals surface area contributed by atoms with Crippen molar-refractivity contribution in [1.29, 1.82) is 0 Å². The number of carboxylic acid groups (broad SMARTS) is 1. The molecule has 9 heteroatoms. The molecule has 0 atom stereocenters. The summed E-state index contributed by atoms with van der Waals surface area (Å²) in [7, 11) is 1.05. The summed E-state index contributed by atoms with van der Waals surface area (Å²) >= 11 is 0. The van der Waals surface area contributed by atoms with E-state index >= 15 is 0 Å². The molecule has 1 aromatic rings. The highest BCUT2D eigenvalue weighted by molar-refractivity contribution is 5.89. The van der Waals surface area contributed by atoms with Crippen LogP contribution in [0.1, 0.15) is 22.6 Å². The van der Waals surface area contributed by atoms with Crippen LogP contribution in [0.4, 0.5) is 14.5 Å². The van der Waals surface area contributed by atoms with Gasteiger partial charge in [0, 0.05) is 0 Å². The van der Waals surface area contributed by atoms with Gasteiger partial charge in [-0.15, -0.1) is 0 Å². The summed E-state index contributed by atoms with van der Waals surface area (Å²) in [6.07, 6.45) is -3.25. The van der Waals surface area contributed by atoms with E-state index in [2.05, 4.69) is 9.72 Å². The van der Waals surface area contributed by atoms with Crippen molar-refractivity contribution < 1.29 is 28.3 Å². The van der Waals surface area contributed by atoms with Crippen molar-refractivity contribution in [1.82, 2.24) is 4.98 Å². The summed E-state index contributed by atoms with van der Waals surface area (Å²) in [5.74, 6) is -2.06. The van der Waals surface area contributed by atoms with Gasteiger partial charge in [-0.25, -0.2) is 18.6 Å². The van der Waals surface area contributed by atoms with Gasteiger partial charge >= 0.3 is 5.97 Å². The van der Waals surface area contributed by atoms with Crippen LogP contribution in [-0.2, 0) is 0 Å². The zero-order valence-corrected chi connectivity index (χ0v) is 8.39. The van der Waals surface area contributed by atoms with Crippen LogP contribution in [0, 0.1) is 10.1 Å². The van der Waals surface area contributed by atoms with E-state index in [1.807, 2.05) is 0 Å². The maximum absolute atomic E-state index is 12.5. The quantitative estimate of drug-likeness (QED) is 0.641. The average Bonchev–Trinajstić information content (AvgIpc) is 2.26. The second-order valence-electron chi connectivity index (χ2n) is 2.81. The number of pyridine rings is 1. The number of nitrogens with zero attached hydrogens (tertiary/aromatic N) is 2. The number of aromatic carboxylic acids is 1. The topological polar surface area (TPSA) is 103 Å². The van der Waals surface area contributed by atoms with Crippen molar-refractivity contribution in [2.75, 3.05) is 7.11 Å². The number of hydrogen-bond donors (Lipinski definition) is 1. The molecule has 0 saturated heterocycles. The highest BCUT2D eigenvalue weighted by Gasteiger charge is 2.28. The average molecular weight is 248 g/mol. The first kappa shape index (κ1) is 12.7. The van der Waals surface area contributed by atoms with E-state index in [0.29, 0.717) is 6.07 Å². The molecule has 0 spiro atoms. The molecule has 0 radical (unpaired) electrons. The summed E-state index contributed by atoms with van der Waals surface area (Å²) in [5.41, 5.74) is -2.98. The summed E-state index contributed by atoms with van der Waals surface area (Å²) in [6.45, 7) is 0. The Hall–Kier alpha value is -2.32. The van der Waals surface area contributed by atoms with Crippen LogP contribution in [0.25, 0.3) is 0 Å². The predicted molar refractivity (Wildman–Crippen MR) is 49.4 cm³/mol. The van der Waals surface area contributed by atoms with Gasteiger partial charge in [0.1, 0.15) is 0 Å². The fraction of sp³-hybridized carbons (Fsp3) is 0.250. The first-order valence-corrected chi connectivity index (χ1v) is 4.13. The molecule has 0 bridgehead atoms. The van der Waals surface area contributed by atoms with Crippen molar-refractivity contribution in [3.8, 4) is 5.75 Å². The van der Waals surface area contributed by atoms with Crippen molar-refractivity contribution in [3.63, 3.8) is 0 Å². The highest BCUT2D eigenvalue weighted by atomic mass is 19.3. The molecule has 0 aromatic carbocycles. The Balaban J connectivity index is 3.53. The molecular weight excluding hydrogens is 242 g/mol. The Kier molecular flexibility index (Phi) is 3.51. The minimum absolute atomic E-state index is 0.450. The third kappa shape index (κ3) is 2.44. The van der Waals surface area contributed by atoms with Crippen molar-refractivity contribution in [2.24, 2.45) is 0 Å². The van der Waals surface area contributed by atoms with Crippen molar-refractivity contribution in [2.45, 2.75) is 6.43 Å². The number of alkyl halides is 2. The van der Waals surface area contributed by atoms with Gasteiger partial charge in [0.2, 0.25) is 0 Å². The summed E-state index contributed by atoms with van der Waals surface area (Å²) in [6, 6.07) is 0.609. The minimum atomic E-state index is -3.25. The zero-order chi connectivity index (χ0) is 13.2. The second kappa shape index (κ2) is 4.68. The Labute approximate surface area is 92.8 Å². The van der Waals surface area contributed by atoms with E-state index in [9.17, 15) is 23.7 Å². The van der Waals surface area contributed by atoms with Gasteiger partial charge in [0.15, 0.2) is 17.1 Å². The fourth-order valence-electron chi connectivity index (χ4n) is 1.11. The van der Waals surface area contributed by atoms with E-state index in [0.717, 1.165) is 7.11 Å². The van der Waals surface area contributed by atoms with E-state index in [4.69, 9.17) is 5.11 Å². The zero-order valence-electron chi connectivity index (χ0n) is 8.39. The third-order valence-electron chi connectivity index (χ3n) is 1.82. The normalized spacial score (nSPS) is 10.4. The largest absolute Gasteiger partial charge is 0.494 e. The molecule has 1 heterocycles. The predicted octanol–water partition coefficient (Wildman–Crippen LogP) is 1.63. The van der Waals surface area contributed by atoms with Gasteiger partial charge in [-0.05, 0) is 0 Å². The molecule has 0 amide bonds. The molecule has 92 valence electrons. The molecule has 17 heavy (non-hydrogen) atoms. The molecule has 0 unspecified atom stereocenters. The number of methoxy groups -OCH3 is 1. The van der Waals surface area contributed by atoms with Crippen molar-refractivity contribution >= 4 is 11.7 Å². The first-order chi connectivity index (χ1) is 7.88. The van der Waals surface area contributed by atoms with Crippen LogP contribution in [0.15, 0.2) is 6.07 Å². The Bertz CT molecular complexity index is 477. The lowest BCUT2D eigenvalue weighted by atomic mass is 10.2. The molecule has 1 aromatic heterocycles. The van der Waals surface area contributed by atoms with E-state index in [1.54, 1.807) is 0 Å². The second-order valence-corrected chi connectivity index (χ2v) is 2.81. The molecule has 0 aliphatic rings. The molecule has 0 aliphatic carbocycles. The fourth-order valence-corrected chi connectivity index (χ4v) is 1.11. The molecule has 1 rings (SSSR count). The molecule has 0 saturated carbocycles. The summed E-state index contributed by atoms with van der Waals surface area (Å²) < 4.78 is 29.5. The Morgan fingerprint density at radius 3 is 2.59 bits per heavy atom. The minimum Gasteiger partial charge on any atom is -0.494 e. The van der Waals surface area contributed by atoms with Crippen molar-refractivity contribution in [3.05, 3.63) is 27.6 Å². The number of ether oxygens (including phenoxy) is 1. The van der Waals surface area contributed by atoms with Crippen LogP contribution in [0.5, 0.6) is 5.75 Å². The lowest BCUT2D eigenvalue weighted by molar-refractivity contribution is -0.386. The van der Waals surface area contributed by atoms with Gasteiger partial charge in [0.25, 0.3) is 12.1 Å². The van der Waals surface area contributed by atoms with Crippen LogP contribution in [-0.4, -0.2) is 28.1 Å². The van der Waals surface area contributed by atoms with Gasteiger partial charge in [-0.3, -0.25) is 10.1 Å². The number of hydrogen-bond acceptors (Lipinski definition) is 5. The first-order valence-electron chi connectivity index (χ1n) is 4.13. The lowest BCUT2D eigenvalue weighted by Gasteiger charge is -2.07. The summed E-state index contributed by atoms with van der Waals surface area (Å²) in [5, 5.41) is 19.2. The van der Waals surface area contributed by atoms with Crippen LogP contribution in [0.3, 0.4) is 0 Å². The number of rotatable bonds is 4. The Morgan fingerprint density at radius 2 is 2.24 bits per heavy atom. The summed E-state index contributed by atoms with van der Waals surface area (Å²) in [4.78, 5) is 23.2. The number of carboxylic acids is 1. The maximum Gasteiger partial charge on any atom is 0.358 e. The van der Waals surface area contributed by atoms with Crippen LogP contribution < -0.4 is 4.74 Å². The van der Waals surface area contributed by atoms with E-state index < -0.39 is 40.1 Å². The standard InChI is InChI=1S/C8H6F2N2O5/c1-17-4-2-3(12(15)16)5(7(9)10)11-6(4)8(13)14/h2,7H,1H3,(H,13,14). The lowest BCUT2D eigenvalue weighted by Crippen LogP contribution is -2.09. The van der Waals surface area contributed by atoms with E-state index in [1.165, 1.54) is 0 Å². The maximum atomic E-state index is 12.5.